The molecule has 0 saturated carbocycles. The highest BCUT2D eigenvalue weighted by molar-refractivity contribution is 7.98. The molecule has 1 aliphatic heterocycles. The molecule has 168 valence electrons. The summed E-state index contributed by atoms with van der Waals surface area (Å²) < 4.78 is 5.38. The molecule has 0 radical (unpaired) electrons. The molecule has 1 N–H and O–H groups in total. The predicted octanol–water partition coefficient (Wildman–Crippen LogP) is 5.04. The largest absolute Gasteiger partial charge is 0.497 e. The van der Waals surface area contributed by atoms with Gasteiger partial charge in [0.2, 0.25) is 0 Å². The van der Waals surface area contributed by atoms with Crippen LogP contribution in [0.2, 0.25) is 0 Å². The van der Waals surface area contributed by atoms with Crippen molar-refractivity contribution in [1.29, 1.82) is 0 Å². The molecule has 1 atom stereocenters. The fourth-order valence-corrected chi connectivity index (χ4v) is 4.98. The van der Waals surface area contributed by atoms with Crippen molar-refractivity contribution in [3.8, 4) is 17.0 Å². The Hall–Kier alpha value is -3.39. The van der Waals surface area contributed by atoms with Gasteiger partial charge in [-0.15, -0.1) is 11.8 Å². The first-order chi connectivity index (χ1) is 16.1. The summed E-state index contributed by atoms with van der Waals surface area (Å²) in [7, 11) is 1.63. The number of carbonyl (C=O) groups is 1. The summed E-state index contributed by atoms with van der Waals surface area (Å²) in [6.07, 6.45) is 5.47. The van der Waals surface area contributed by atoms with Gasteiger partial charge in [0.25, 0.3) is 5.91 Å². The molecular formula is C25H25N5O2S. The molecule has 2 aromatic heterocycles. The summed E-state index contributed by atoms with van der Waals surface area (Å²) in [5.41, 5.74) is 3.88. The lowest BCUT2D eigenvalue weighted by Gasteiger charge is -2.24. The number of imidazole rings is 1. The molecular weight excluding hydrogens is 434 g/mol. The molecule has 4 aromatic rings. The number of H-pyrrole nitrogens is 1. The number of likely N-dealkylation sites (tertiary alicyclic amines) is 1. The van der Waals surface area contributed by atoms with Crippen LogP contribution in [0.15, 0.2) is 53.6 Å². The molecule has 1 unspecified atom stereocenters. The van der Waals surface area contributed by atoms with Crippen molar-refractivity contribution in [2.24, 2.45) is 0 Å². The van der Waals surface area contributed by atoms with Gasteiger partial charge in [0.1, 0.15) is 22.9 Å². The normalized spacial score (nSPS) is 15.8. The van der Waals surface area contributed by atoms with Gasteiger partial charge in [-0.2, -0.15) is 0 Å². The monoisotopic (exact) mass is 459 g/mol. The number of hydrogen-bond donors (Lipinski definition) is 1. The molecule has 0 bridgehead atoms. The number of benzene rings is 2. The number of aromatic nitrogens is 4. The topological polar surface area (TPSA) is 84.0 Å². The van der Waals surface area contributed by atoms with Gasteiger partial charge >= 0.3 is 0 Å². The number of ether oxygens (including phenoxy) is 1. The Morgan fingerprint density at radius 3 is 2.88 bits per heavy atom. The number of carbonyl (C=O) groups excluding carboxylic acids is 1. The van der Waals surface area contributed by atoms with E-state index in [1.807, 2.05) is 54.5 Å². The third kappa shape index (κ3) is 3.95. The van der Waals surface area contributed by atoms with Crippen LogP contribution in [-0.2, 0) is 0 Å². The predicted molar refractivity (Wildman–Crippen MR) is 130 cm³/mol. The number of nitrogens with zero attached hydrogens (tertiary/aromatic N) is 4. The molecule has 0 spiro atoms. The van der Waals surface area contributed by atoms with E-state index in [-0.39, 0.29) is 11.9 Å². The number of para-hydroxylation sites is 1. The number of nitrogens with one attached hydrogen (secondary N) is 1. The second kappa shape index (κ2) is 8.86. The van der Waals surface area contributed by atoms with Crippen LogP contribution < -0.4 is 4.74 Å². The molecule has 7 nitrogen and oxygen atoms in total. The smallest absolute Gasteiger partial charge is 0.258 e. The van der Waals surface area contributed by atoms with Crippen LogP contribution in [0.3, 0.4) is 0 Å². The standard InChI is InChI=1S/C25H25N5O2S/c1-15-26-14-18(22(27-15)16-7-4-8-17(13-16)32-2)25(31)30-12-6-10-20(30)24-28-19-9-5-11-21(33-3)23(19)29-24/h4-5,7-9,11,13-14,20H,6,10,12H2,1-3H3,(H,28,29). The molecule has 2 aromatic carbocycles. The van der Waals surface area contributed by atoms with E-state index in [1.165, 1.54) is 0 Å². The van der Waals surface area contributed by atoms with Crippen LogP contribution in [0.4, 0.5) is 0 Å². The summed E-state index contributed by atoms with van der Waals surface area (Å²) >= 11 is 1.67. The fraction of sp³-hybridized carbons (Fsp3) is 0.280. The molecule has 3 heterocycles. The first-order valence-corrected chi connectivity index (χ1v) is 12.1. The minimum absolute atomic E-state index is 0.0825. The molecule has 8 heteroatoms. The van der Waals surface area contributed by atoms with E-state index in [0.29, 0.717) is 29.4 Å². The van der Waals surface area contributed by atoms with Crippen LogP contribution in [-0.4, -0.2) is 50.7 Å². The highest BCUT2D eigenvalue weighted by Gasteiger charge is 2.34. The van der Waals surface area contributed by atoms with E-state index in [4.69, 9.17) is 9.72 Å². The summed E-state index contributed by atoms with van der Waals surface area (Å²) in [4.78, 5) is 34.1. The lowest BCUT2D eigenvalue weighted by molar-refractivity contribution is 0.0730. The van der Waals surface area contributed by atoms with Crippen LogP contribution in [0.1, 0.15) is 40.9 Å². The van der Waals surface area contributed by atoms with E-state index in [9.17, 15) is 4.79 Å². The van der Waals surface area contributed by atoms with Gasteiger partial charge in [-0.1, -0.05) is 18.2 Å². The van der Waals surface area contributed by atoms with Crippen molar-refractivity contribution in [2.75, 3.05) is 19.9 Å². The van der Waals surface area contributed by atoms with E-state index >= 15 is 0 Å². The molecule has 0 aliphatic carbocycles. The Labute approximate surface area is 196 Å². The third-order valence-corrected chi connectivity index (χ3v) is 6.80. The van der Waals surface area contributed by atoms with Gasteiger partial charge in [-0.3, -0.25) is 4.79 Å². The number of rotatable bonds is 5. The van der Waals surface area contributed by atoms with E-state index in [1.54, 1.807) is 25.1 Å². The molecule has 1 aliphatic rings. The minimum atomic E-state index is -0.112. The maximum Gasteiger partial charge on any atom is 0.258 e. The summed E-state index contributed by atoms with van der Waals surface area (Å²) in [5, 5.41) is 0. The van der Waals surface area contributed by atoms with Crippen molar-refractivity contribution >= 4 is 28.7 Å². The van der Waals surface area contributed by atoms with Gasteiger partial charge in [-0.25, -0.2) is 15.0 Å². The minimum Gasteiger partial charge on any atom is -0.497 e. The number of methoxy groups -OCH3 is 1. The lowest BCUT2D eigenvalue weighted by Crippen LogP contribution is -2.31. The summed E-state index contributed by atoms with van der Waals surface area (Å²) in [6.45, 7) is 2.50. The van der Waals surface area contributed by atoms with E-state index in [0.717, 1.165) is 40.2 Å². The van der Waals surface area contributed by atoms with Crippen LogP contribution >= 0.6 is 11.8 Å². The molecule has 33 heavy (non-hydrogen) atoms. The van der Waals surface area contributed by atoms with Crippen molar-refractivity contribution < 1.29 is 9.53 Å². The highest BCUT2D eigenvalue weighted by atomic mass is 32.2. The van der Waals surface area contributed by atoms with Gasteiger partial charge < -0.3 is 14.6 Å². The maximum absolute atomic E-state index is 13.8. The maximum atomic E-state index is 13.8. The molecule has 1 saturated heterocycles. The van der Waals surface area contributed by atoms with Gasteiger partial charge in [0.15, 0.2) is 0 Å². The number of fused-ring (bicyclic) bond motifs is 1. The Morgan fingerprint density at radius 2 is 2.06 bits per heavy atom. The average molecular weight is 460 g/mol. The molecule has 1 fully saturated rings. The Morgan fingerprint density at radius 1 is 1.21 bits per heavy atom. The van der Waals surface area contributed by atoms with Gasteiger partial charge in [0, 0.05) is 23.2 Å². The van der Waals surface area contributed by atoms with Crippen molar-refractivity contribution in [3.63, 3.8) is 0 Å². The second-order valence-corrected chi connectivity index (χ2v) is 8.89. The first kappa shape index (κ1) is 21.5. The highest BCUT2D eigenvalue weighted by Crippen LogP contribution is 2.35. The second-order valence-electron chi connectivity index (χ2n) is 8.05. The average Bonchev–Trinajstić information content (AvgIpc) is 3.50. The van der Waals surface area contributed by atoms with Crippen LogP contribution in [0.5, 0.6) is 5.75 Å². The molecule has 5 rings (SSSR count). The van der Waals surface area contributed by atoms with Crippen LogP contribution in [0, 0.1) is 6.92 Å². The fourth-order valence-electron chi connectivity index (χ4n) is 4.41. The zero-order chi connectivity index (χ0) is 22.9. The third-order valence-electron chi connectivity index (χ3n) is 6.03. The van der Waals surface area contributed by atoms with Crippen LogP contribution in [0.25, 0.3) is 22.3 Å². The van der Waals surface area contributed by atoms with Crippen molar-refractivity contribution in [3.05, 3.63) is 65.9 Å². The summed E-state index contributed by atoms with van der Waals surface area (Å²) in [5.74, 6) is 2.08. The zero-order valence-electron chi connectivity index (χ0n) is 18.8. The lowest BCUT2D eigenvalue weighted by atomic mass is 10.1. The SMILES string of the molecule is COc1cccc(-c2nc(C)ncc2C(=O)N2CCCC2c2nc3c(SC)cccc3[nH]2)c1. The Kier molecular flexibility index (Phi) is 5.76. The summed E-state index contributed by atoms with van der Waals surface area (Å²) in [6, 6.07) is 13.6. The molecule has 1 amide bonds. The van der Waals surface area contributed by atoms with Crippen molar-refractivity contribution in [2.45, 2.75) is 30.7 Å². The van der Waals surface area contributed by atoms with E-state index in [2.05, 4.69) is 21.0 Å². The number of aromatic amines is 1. The quantitative estimate of drug-likeness (QED) is 0.421. The zero-order valence-corrected chi connectivity index (χ0v) is 19.6. The Balaban J connectivity index is 1.53. The number of aryl methyl sites for hydroxylation is 1. The van der Waals surface area contributed by atoms with Gasteiger partial charge in [0.05, 0.1) is 29.9 Å². The number of thioether (sulfide) groups is 1. The number of amides is 1. The van der Waals surface area contributed by atoms with E-state index < -0.39 is 0 Å². The van der Waals surface area contributed by atoms with Gasteiger partial charge in [-0.05, 0) is 50.3 Å². The number of hydrogen-bond acceptors (Lipinski definition) is 6. The first-order valence-electron chi connectivity index (χ1n) is 10.9. The van der Waals surface area contributed by atoms with Crippen molar-refractivity contribution in [1.82, 2.24) is 24.8 Å². The Bertz CT molecular complexity index is 1340.